The Balaban J connectivity index is 0.000000383. The third-order valence-corrected chi connectivity index (χ3v) is 7.42. The topological polar surface area (TPSA) is 60.9 Å². The van der Waals surface area contributed by atoms with Gasteiger partial charge in [0.25, 0.3) is 0 Å². The average molecular weight is 469 g/mol. The Bertz CT molecular complexity index is 826. The minimum absolute atomic E-state index is 0.324. The fourth-order valence-electron chi connectivity index (χ4n) is 5.43. The zero-order valence-electron chi connectivity index (χ0n) is 19.5. The first-order valence-corrected chi connectivity index (χ1v) is 12.0. The zero-order chi connectivity index (χ0) is 24.2. The first kappa shape index (κ1) is 25.5. The molecule has 1 aromatic carbocycles. The van der Waals surface area contributed by atoms with E-state index in [1.165, 1.54) is 57.3 Å². The van der Waals surface area contributed by atoms with E-state index in [1.54, 1.807) is 5.56 Å². The van der Waals surface area contributed by atoms with Crippen molar-refractivity contribution in [3.63, 3.8) is 0 Å². The number of fused-ring (bicyclic) bond motifs is 2. The van der Waals surface area contributed by atoms with Crippen LogP contribution >= 0.6 is 0 Å². The first-order chi connectivity index (χ1) is 15.6. The lowest BCUT2D eigenvalue weighted by molar-refractivity contribution is -0.192. The number of benzene rings is 1. The van der Waals surface area contributed by atoms with Crippen LogP contribution in [0.5, 0.6) is 0 Å². The lowest BCUT2D eigenvalue weighted by Crippen LogP contribution is -2.42. The highest BCUT2D eigenvalue weighted by atomic mass is 19.4. The van der Waals surface area contributed by atoms with Gasteiger partial charge in [-0.3, -0.25) is 4.79 Å². The third kappa shape index (κ3) is 6.28. The van der Waals surface area contributed by atoms with E-state index in [4.69, 9.17) is 9.90 Å². The molecule has 1 amide bonds. The lowest BCUT2D eigenvalue weighted by Gasteiger charge is -2.40. The maximum absolute atomic E-state index is 12.7. The molecule has 1 heterocycles. The van der Waals surface area contributed by atoms with Gasteiger partial charge in [0.15, 0.2) is 0 Å². The van der Waals surface area contributed by atoms with E-state index in [2.05, 4.69) is 43.0 Å². The summed E-state index contributed by atoms with van der Waals surface area (Å²) in [6.07, 6.45) is 2.21. The molecule has 3 aliphatic rings. The predicted molar refractivity (Wildman–Crippen MR) is 120 cm³/mol. The van der Waals surface area contributed by atoms with E-state index in [9.17, 15) is 18.0 Å². The molecule has 1 saturated carbocycles. The summed E-state index contributed by atoms with van der Waals surface area (Å²) in [5.74, 6) is -1.03. The average Bonchev–Trinajstić information content (AvgIpc) is 3.54. The van der Waals surface area contributed by atoms with Crippen LogP contribution in [0, 0.1) is 5.92 Å². The highest BCUT2D eigenvalue weighted by Gasteiger charge is 2.46. The van der Waals surface area contributed by atoms with Gasteiger partial charge in [0.1, 0.15) is 0 Å². The van der Waals surface area contributed by atoms with Gasteiger partial charge in [-0.05, 0) is 87.4 Å². The van der Waals surface area contributed by atoms with Gasteiger partial charge in [-0.2, -0.15) is 13.2 Å². The number of hydrogen-bond donors (Lipinski definition) is 1. The van der Waals surface area contributed by atoms with Crippen LogP contribution in [0.15, 0.2) is 24.3 Å². The van der Waals surface area contributed by atoms with Crippen molar-refractivity contribution in [2.75, 3.05) is 32.7 Å². The number of carboxylic acid groups (broad SMARTS) is 1. The molecule has 1 atom stereocenters. The van der Waals surface area contributed by atoms with Gasteiger partial charge in [0, 0.05) is 26.1 Å². The van der Waals surface area contributed by atoms with Crippen molar-refractivity contribution >= 4 is 11.9 Å². The van der Waals surface area contributed by atoms with E-state index in [0.29, 0.717) is 23.7 Å². The smallest absolute Gasteiger partial charge is 0.475 e. The van der Waals surface area contributed by atoms with Crippen molar-refractivity contribution in [1.82, 2.24) is 9.80 Å². The molecule has 2 fully saturated rings. The summed E-state index contributed by atoms with van der Waals surface area (Å²) < 4.78 is 31.7. The lowest BCUT2D eigenvalue weighted by atomic mass is 9.73. The molecule has 0 bridgehead atoms. The number of amides is 1. The van der Waals surface area contributed by atoms with Crippen molar-refractivity contribution in [2.24, 2.45) is 5.92 Å². The Hall–Kier alpha value is -2.09. The second kappa shape index (κ2) is 10.5. The molecule has 8 heteroatoms. The Morgan fingerprint density at radius 2 is 1.70 bits per heavy atom. The molecule has 1 aliphatic heterocycles. The summed E-state index contributed by atoms with van der Waals surface area (Å²) in [5.41, 5.74) is 3.34. The first-order valence-electron chi connectivity index (χ1n) is 12.0. The van der Waals surface area contributed by atoms with Crippen LogP contribution in [-0.4, -0.2) is 65.7 Å². The van der Waals surface area contributed by atoms with E-state index >= 15 is 0 Å². The number of nitrogens with zero attached hydrogens (tertiary/aromatic N) is 2. The molecule has 33 heavy (non-hydrogen) atoms. The van der Waals surface area contributed by atoms with Gasteiger partial charge < -0.3 is 14.9 Å². The third-order valence-electron chi connectivity index (χ3n) is 7.42. The van der Waals surface area contributed by atoms with Crippen LogP contribution in [0.4, 0.5) is 13.2 Å². The Kier molecular flexibility index (Phi) is 8.08. The van der Waals surface area contributed by atoms with Crippen LogP contribution in [-0.2, 0) is 15.0 Å². The largest absolute Gasteiger partial charge is 0.490 e. The molecule has 2 aliphatic carbocycles. The van der Waals surface area contributed by atoms with E-state index in [1.807, 2.05) is 4.90 Å². The summed E-state index contributed by atoms with van der Waals surface area (Å²) >= 11 is 0. The molecule has 1 saturated heterocycles. The number of rotatable bonds is 6. The molecule has 1 aromatic rings. The molecule has 1 N–H and O–H groups in total. The fraction of sp³-hybridized carbons (Fsp3) is 0.680. The van der Waals surface area contributed by atoms with Crippen LogP contribution in [0.25, 0.3) is 0 Å². The number of likely N-dealkylation sites (tertiary alicyclic amines) is 1. The second-order valence-corrected chi connectivity index (χ2v) is 9.59. The molecule has 1 unspecified atom stereocenters. The molecule has 0 aromatic heterocycles. The minimum atomic E-state index is -5.08. The maximum Gasteiger partial charge on any atom is 0.490 e. The van der Waals surface area contributed by atoms with Gasteiger partial charge in [0.2, 0.25) is 5.91 Å². The number of carboxylic acids is 1. The number of carbonyl (C=O) groups is 2. The summed E-state index contributed by atoms with van der Waals surface area (Å²) in [4.78, 5) is 26.3. The van der Waals surface area contributed by atoms with Gasteiger partial charge in [0.05, 0.1) is 0 Å². The van der Waals surface area contributed by atoms with Gasteiger partial charge in [-0.25, -0.2) is 4.79 Å². The van der Waals surface area contributed by atoms with Crippen LogP contribution in [0.1, 0.15) is 69.4 Å². The zero-order valence-corrected chi connectivity index (χ0v) is 19.5. The SMILES string of the molecule is CCN(CC)C(=O)CC1CC2(CCN(CC3CC3)CC2)c2ccccc21.O=C(O)C(F)(F)F. The van der Waals surface area contributed by atoms with Crippen LogP contribution in [0.2, 0.25) is 0 Å². The summed E-state index contributed by atoms with van der Waals surface area (Å²) in [7, 11) is 0. The highest BCUT2D eigenvalue weighted by Crippen LogP contribution is 2.53. The van der Waals surface area contributed by atoms with Gasteiger partial charge in [-0.1, -0.05) is 24.3 Å². The highest BCUT2D eigenvalue weighted by molar-refractivity contribution is 5.77. The normalized spacial score (nSPS) is 21.8. The number of hydrogen-bond acceptors (Lipinski definition) is 3. The maximum atomic E-state index is 12.7. The predicted octanol–water partition coefficient (Wildman–Crippen LogP) is 4.81. The van der Waals surface area contributed by atoms with E-state index in [0.717, 1.165) is 19.0 Å². The fourth-order valence-corrected chi connectivity index (χ4v) is 5.43. The molecule has 5 nitrogen and oxygen atoms in total. The van der Waals surface area contributed by atoms with Crippen LogP contribution < -0.4 is 0 Å². The standard InChI is InChI=1S/C23H34N2O.C2HF3O2/c1-3-25(4-2)22(26)15-19-16-23(21-8-6-5-7-20(19)21)11-13-24(14-12-23)17-18-9-10-18;3-2(4,5)1(6)7/h5-8,18-19H,3-4,9-17H2,1-2H3;(H,6,7). The molecule has 1 spiro atoms. The number of alkyl halides is 3. The Morgan fingerprint density at radius 1 is 1.12 bits per heavy atom. The van der Waals surface area contributed by atoms with Crippen molar-refractivity contribution in [3.8, 4) is 0 Å². The summed E-state index contributed by atoms with van der Waals surface area (Å²) in [5, 5.41) is 7.12. The molecule has 4 rings (SSSR count). The summed E-state index contributed by atoms with van der Waals surface area (Å²) in [6.45, 7) is 9.61. The van der Waals surface area contributed by atoms with Crippen molar-refractivity contribution in [1.29, 1.82) is 0 Å². The number of aliphatic carboxylic acids is 1. The minimum Gasteiger partial charge on any atom is -0.475 e. The number of carbonyl (C=O) groups excluding carboxylic acids is 1. The van der Waals surface area contributed by atoms with E-state index < -0.39 is 12.1 Å². The van der Waals surface area contributed by atoms with Crippen molar-refractivity contribution < 1.29 is 27.9 Å². The van der Waals surface area contributed by atoms with Crippen molar-refractivity contribution in [3.05, 3.63) is 35.4 Å². The number of halogens is 3. The van der Waals surface area contributed by atoms with Crippen molar-refractivity contribution in [2.45, 2.75) is 69.9 Å². The second-order valence-electron chi connectivity index (χ2n) is 9.59. The van der Waals surface area contributed by atoms with Gasteiger partial charge in [-0.15, -0.1) is 0 Å². The number of piperidine rings is 1. The molecule has 0 radical (unpaired) electrons. The Labute approximate surface area is 193 Å². The molecular weight excluding hydrogens is 433 g/mol. The van der Waals surface area contributed by atoms with E-state index in [-0.39, 0.29) is 0 Å². The Morgan fingerprint density at radius 3 is 2.21 bits per heavy atom. The van der Waals surface area contributed by atoms with Gasteiger partial charge >= 0.3 is 12.1 Å². The quantitative estimate of drug-likeness (QED) is 0.651. The van der Waals surface area contributed by atoms with Crippen LogP contribution in [0.3, 0.4) is 0 Å². The summed E-state index contributed by atoms with van der Waals surface area (Å²) in [6, 6.07) is 9.01. The monoisotopic (exact) mass is 468 g/mol. The molecular formula is C25H35F3N2O3. The molecule has 184 valence electrons.